The van der Waals surface area contributed by atoms with E-state index in [1.54, 1.807) is 0 Å². The molecule has 0 rings (SSSR count). The van der Waals surface area contributed by atoms with Gasteiger partial charge in [0.05, 0.1) is 19.3 Å². The number of ether oxygens (including phenoxy) is 1. The van der Waals surface area contributed by atoms with Gasteiger partial charge in [-0.2, -0.15) is 0 Å². The van der Waals surface area contributed by atoms with Crippen LogP contribution in [0.2, 0.25) is 104 Å². The lowest BCUT2D eigenvalue weighted by atomic mass is 10.4. The van der Waals surface area contributed by atoms with Crippen LogP contribution in [0.5, 0.6) is 0 Å². The minimum atomic E-state index is -3.42. The van der Waals surface area contributed by atoms with E-state index in [4.69, 9.17) is 29.4 Å². The molecule has 1 N–H and O–H groups in total. The van der Waals surface area contributed by atoms with Crippen molar-refractivity contribution in [1.29, 1.82) is 0 Å². The first kappa shape index (κ1) is 36.2. The van der Waals surface area contributed by atoms with E-state index in [9.17, 15) is 5.11 Å². The molecule has 1 unspecified atom stereocenters. The highest BCUT2D eigenvalue weighted by Crippen LogP contribution is 2.33. The molecule has 0 aliphatic heterocycles. The van der Waals surface area contributed by atoms with Gasteiger partial charge in [0.1, 0.15) is 0 Å². The fraction of sp³-hybridized carbons (Fsp3) is 0.950. The maximum absolute atomic E-state index is 9.58. The van der Waals surface area contributed by atoms with E-state index < -0.39 is 65.5 Å². The summed E-state index contributed by atoms with van der Waals surface area (Å²) in [6.07, 6.45) is -0.794. The molecule has 0 saturated carbocycles. The van der Waals surface area contributed by atoms with E-state index in [0.717, 1.165) is 0 Å². The molecule has 0 amide bonds. The van der Waals surface area contributed by atoms with Gasteiger partial charge < -0.3 is 34.5 Å². The number of aliphatic hydroxyl groups is 1. The van der Waals surface area contributed by atoms with Crippen molar-refractivity contribution in [2.75, 3.05) is 13.2 Å². The summed E-state index contributed by atoms with van der Waals surface area (Å²) in [7, 11) is -17.1. The second kappa shape index (κ2) is 13.0. The molecule has 0 bridgehead atoms. The normalized spacial score (nSPS) is 16.0. The van der Waals surface area contributed by atoms with Gasteiger partial charge in [0.25, 0.3) is 0 Å². The zero-order chi connectivity index (χ0) is 28.1. The Labute approximate surface area is 223 Å². The van der Waals surface area contributed by atoms with E-state index in [1.165, 1.54) is 0 Å². The highest BCUT2D eigenvalue weighted by Gasteiger charge is 2.56. The number of hydrogen-bond donors (Lipinski definition) is 1. The topological polar surface area (TPSA) is 84.8 Å². The molecule has 8 nitrogen and oxygen atoms in total. The first-order valence-electron chi connectivity index (χ1n) is 12.5. The molecular formula is C20H55O8Si7. The largest absolute Gasteiger partial charge is 0.476 e. The lowest BCUT2D eigenvalue weighted by Crippen LogP contribution is -2.66. The molecule has 0 aromatic carbocycles. The molecule has 1 atom stereocenters. The first-order chi connectivity index (χ1) is 15.2. The van der Waals surface area contributed by atoms with Gasteiger partial charge in [-0.15, -0.1) is 0 Å². The van der Waals surface area contributed by atoms with Crippen LogP contribution in [0.25, 0.3) is 0 Å². The van der Waals surface area contributed by atoms with Crippen molar-refractivity contribution in [2.45, 2.75) is 110 Å². The van der Waals surface area contributed by atoms with Gasteiger partial charge in [0.15, 0.2) is 25.0 Å². The molecule has 0 heterocycles. The van der Waals surface area contributed by atoms with Crippen LogP contribution in [-0.4, -0.2) is 83.9 Å². The third-order valence-electron chi connectivity index (χ3n) is 3.72. The van der Waals surface area contributed by atoms with Gasteiger partial charge in [-0.05, 0) is 105 Å². The standard InChI is InChI=1S/C20H55O8Si7/c1-20(21)19-22-17-18-35(26-32(11,12)23-29(2,3)4,27-33(13,14)24-30(5,6)7)28-34(15,16)25-31(8,9)10/h20-21H,1,17-19H2,2-16H3. The van der Waals surface area contributed by atoms with Gasteiger partial charge in [0, 0.05) is 6.04 Å². The van der Waals surface area contributed by atoms with Crippen molar-refractivity contribution < 1.29 is 34.5 Å². The quantitative estimate of drug-likeness (QED) is 0.160. The average molecular weight is 620 g/mol. The van der Waals surface area contributed by atoms with Crippen LogP contribution < -0.4 is 0 Å². The van der Waals surface area contributed by atoms with E-state index in [-0.39, 0.29) is 6.61 Å². The Morgan fingerprint density at radius 2 is 0.829 bits per heavy atom. The van der Waals surface area contributed by atoms with Crippen LogP contribution in [0.3, 0.4) is 0 Å². The van der Waals surface area contributed by atoms with E-state index >= 15 is 0 Å². The number of rotatable bonds is 17. The molecule has 0 saturated heterocycles. The van der Waals surface area contributed by atoms with E-state index in [2.05, 4.69) is 105 Å². The highest BCUT2D eigenvalue weighted by atomic mass is 28.5. The Kier molecular flexibility index (Phi) is 13.5. The van der Waals surface area contributed by atoms with Gasteiger partial charge in [0.2, 0.25) is 0 Å². The lowest BCUT2D eigenvalue weighted by molar-refractivity contribution is 0.0592. The predicted octanol–water partition coefficient (Wildman–Crippen LogP) is 5.85. The van der Waals surface area contributed by atoms with Crippen molar-refractivity contribution in [3.8, 4) is 0 Å². The van der Waals surface area contributed by atoms with Crippen molar-refractivity contribution in [3.63, 3.8) is 0 Å². The van der Waals surface area contributed by atoms with Gasteiger partial charge in [-0.25, -0.2) is 0 Å². The van der Waals surface area contributed by atoms with Crippen molar-refractivity contribution >= 4 is 59.4 Å². The average Bonchev–Trinajstić information content (AvgIpc) is 2.41. The summed E-state index contributed by atoms with van der Waals surface area (Å²) >= 11 is 0. The van der Waals surface area contributed by atoms with Gasteiger partial charge in [-0.1, -0.05) is 0 Å². The first-order valence-corrected chi connectivity index (χ1v) is 33.1. The lowest BCUT2D eigenvalue weighted by Gasteiger charge is -2.46. The molecule has 211 valence electrons. The molecule has 15 heteroatoms. The van der Waals surface area contributed by atoms with E-state index in [1.807, 2.05) is 0 Å². The molecule has 1 radical (unpaired) electrons. The molecule has 0 aliphatic carbocycles. The van der Waals surface area contributed by atoms with Gasteiger partial charge in [-0.3, -0.25) is 0 Å². The summed E-state index contributed by atoms with van der Waals surface area (Å²) in [5.41, 5.74) is 0. The molecule has 0 aliphatic rings. The monoisotopic (exact) mass is 619 g/mol. The second-order valence-electron chi connectivity index (χ2n) is 13.3. The maximum atomic E-state index is 9.58. The van der Waals surface area contributed by atoms with E-state index in [0.29, 0.717) is 12.7 Å². The van der Waals surface area contributed by atoms with Gasteiger partial charge >= 0.3 is 34.5 Å². The summed E-state index contributed by atoms with van der Waals surface area (Å²) in [6, 6.07) is 0.419. The third-order valence-corrected chi connectivity index (χ3v) is 27.4. The van der Waals surface area contributed by atoms with Crippen molar-refractivity contribution in [1.82, 2.24) is 0 Å². The molecule has 0 spiro atoms. The summed E-state index contributed by atoms with van der Waals surface area (Å²) in [6.45, 7) is 35.8. The molecular weight excluding hydrogens is 565 g/mol. The van der Waals surface area contributed by atoms with Crippen LogP contribution in [0, 0.1) is 6.92 Å². The van der Waals surface area contributed by atoms with Crippen LogP contribution in [0.1, 0.15) is 0 Å². The smallest absolute Gasteiger partial charge is 0.437 e. The van der Waals surface area contributed by atoms with Crippen LogP contribution in [0.15, 0.2) is 0 Å². The van der Waals surface area contributed by atoms with Crippen LogP contribution in [0.4, 0.5) is 0 Å². The number of aliphatic hydroxyl groups excluding tert-OH is 1. The predicted molar refractivity (Wildman–Crippen MR) is 162 cm³/mol. The molecule has 35 heavy (non-hydrogen) atoms. The Morgan fingerprint density at radius 1 is 0.543 bits per heavy atom. The summed E-state index contributed by atoms with van der Waals surface area (Å²) in [5.74, 6) is 0. The second-order valence-corrected chi connectivity index (χ2v) is 41.1. The number of hydrogen-bond acceptors (Lipinski definition) is 8. The Hall–Kier alpha value is 1.20. The Bertz CT molecular complexity index is 567. The fourth-order valence-corrected chi connectivity index (χ4v) is 35.6. The maximum Gasteiger partial charge on any atom is 0.476 e. The van der Waals surface area contributed by atoms with Crippen molar-refractivity contribution in [3.05, 3.63) is 6.92 Å². The molecule has 0 aromatic heterocycles. The minimum absolute atomic E-state index is 0.134. The Morgan fingerprint density at radius 3 is 1.06 bits per heavy atom. The zero-order valence-electron chi connectivity index (χ0n) is 25.2. The minimum Gasteiger partial charge on any atom is -0.437 e. The highest BCUT2D eigenvalue weighted by molar-refractivity contribution is 6.92. The Balaban J connectivity index is 6.44. The molecule has 0 aromatic rings. The fourth-order valence-electron chi connectivity index (χ4n) is 4.03. The molecule has 0 fully saturated rings. The third kappa shape index (κ3) is 19.0. The van der Waals surface area contributed by atoms with Crippen LogP contribution >= 0.6 is 0 Å². The van der Waals surface area contributed by atoms with Crippen LogP contribution in [-0.2, 0) is 29.4 Å². The zero-order valence-corrected chi connectivity index (χ0v) is 32.2. The summed E-state index contributed by atoms with van der Waals surface area (Å²) in [4.78, 5) is 0. The van der Waals surface area contributed by atoms with Crippen molar-refractivity contribution in [2.24, 2.45) is 0 Å². The summed E-state index contributed by atoms with van der Waals surface area (Å²) in [5, 5.41) is 9.58. The SMILES string of the molecule is [CH2]C(O)COCC[Si](O[Si](C)(C)O[Si](C)(C)C)(O[Si](C)(C)O[Si](C)(C)C)O[Si](C)(C)O[Si](C)(C)C. The summed E-state index contributed by atoms with van der Waals surface area (Å²) < 4.78 is 46.2.